The molecule has 1 aromatic carbocycles. The number of fused-ring (bicyclic) bond motifs is 1. The van der Waals surface area contributed by atoms with Gasteiger partial charge in [0.25, 0.3) is 0 Å². The molecule has 3 aromatic rings. The Kier molecular flexibility index (Phi) is 7.69. The Labute approximate surface area is 209 Å². The fourth-order valence-electron chi connectivity index (χ4n) is 4.24. The van der Waals surface area contributed by atoms with Crippen molar-refractivity contribution in [3.63, 3.8) is 0 Å². The molecule has 0 radical (unpaired) electrons. The summed E-state index contributed by atoms with van der Waals surface area (Å²) in [5.41, 5.74) is -1.76. The fourth-order valence-corrected chi connectivity index (χ4v) is 4.24. The van der Waals surface area contributed by atoms with Crippen molar-refractivity contribution in [2.75, 3.05) is 37.8 Å². The summed E-state index contributed by atoms with van der Waals surface area (Å²) >= 11 is 0. The Morgan fingerprint density at radius 2 is 1.81 bits per heavy atom. The molecule has 3 heterocycles. The second-order valence-corrected chi connectivity index (χ2v) is 9.00. The van der Waals surface area contributed by atoms with Crippen molar-refractivity contribution in [2.24, 2.45) is 5.92 Å². The third kappa shape index (κ3) is 5.25. The molecule has 2 aromatic heterocycles. The van der Waals surface area contributed by atoms with Gasteiger partial charge in [0.2, 0.25) is 5.43 Å². The number of benzene rings is 1. The Balaban J connectivity index is 1.92. The van der Waals surface area contributed by atoms with E-state index in [2.05, 4.69) is 4.98 Å². The molecular weight excluding hydrogens is 495 g/mol. The molecule has 1 aliphatic rings. The van der Waals surface area contributed by atoms with Gasteiger partial charge in [-0.2, -0.15) is 0 Å². The van der Waals surface area contributed by atoms with Crippen LogP contribution < -0.4 is 15.1 Å². The van der Waals surface area contributed by atoms with Crippen molar-refractivity contribution in [3.05, 3.63) is 63.2 Å². The number of ether oxygens (including phenoxy) is 2. The van der Waals surface area contributed by atoms with Crippen LogP contribution in [0.1, 0.15) is 35.8 Å². The van der Waals surface area contributed by atoms with Crippen LogP contribution in [0.3, 0.4) is 0 Å². The summed E-state index contributed by atoms with van der Waals surface area (Å²) in [6.07, 6.45) is 1.16. The minimum Gasteiger partial charge on any atom is -0.485 e. The molecule has 37 heavy (non-hydrogen) atoms. The molecule has 0 amide bonds. The molecule has 9 nitrogen and oxygen atoms in total. The third-order valence-electron chi connectivity index (χ3n) is 6.28. The van der Waals surface area contributed by atoms with Crippen LogP contribution in [-0.2, 0) is 11.3 Å². The molecule has 0 unspecified atom stereocenters. The largest absolute Gasteiger partial charge is 0.485 e. The lowest BCUT2D eigenvalue weighted by molar-refractivity contribution is 0.0693. The van der Waals surface area contributed by atoms with Crippen molar-refractivity contribution in [2.45, 2.75) is 26.5 Å². The van der Waals surface area contributed by atoms with Crippen LogP contribution in [0.15, 0.2) is 29.2 Å². The van der Waals surface area contributed by atoms with Crippen molar-refractivity contribution in [1.29, 1.82) is 0 Å². The quantitative estimate of drug-likeness (QED) is 0.465. The van der Waals surface area contributed by atoms with Gasteiger partial charge < -0.3 is 29.2 Å². The van der Waals surface area contributed by atoms with E-state index in [1.165, 1.54) is 10.6 Å². The molecule has 12 heteroatoms. The van der Waals surface area contributed by atoms with Crippen molar-refractivity contribution in [1.82, 2.24) is 9.55 Å². The number of hydrogen-bond acceptors (Lipinski definition) is 7. The van der Waals surface area contributed by atoms with Crippen LogP contribution in [0, 0.1) is 23.4 Å². The first-order valence-corrected chi connectivity index (χ1v) is 11.6. The number of aromatic nitrogens is 2. The molecule has 0 aliphatic carbocycles. The number of morpholine rings is 1. The first-order chi connectivity index (χ1) is 17.6. The number of halogens is 3. The fraction of sp³-hybridized carbons (Fsp3) is 0.400. The monoisotopic (exact) mass is 521 g/mol. The number of aromatic carboxylic acids is 1. The predicted octanol–water partition coefficient (Wildman–Crippen LogP) is 3.12. The highest BCUT2D eigenvalue weighted by molar-refractivity contribution is 5.92. The molecule has 1 fully saturated rings. The summed E-state index contributed by atoms with van der Waals surface area (Å²) in [6, 6.07) is 1.75. The van der Waals surface area contributed by atoms with E-state index in [1.807, 2.05) is 13.8 Å². The van der Waals surface area contributed by atoms with E-state index < -0.39 is 52.6 Å². The average Bonchev–Trinajstić information content (AvgIpc) is 2.85. The second kappa shape index (κ2) is 10.8. The molecule has 0 bridgehead atoms. The summed E-state index contributed by atoms with van der Waals surface area (Å²) in [5.74, 6) is -4.74. The van der Waals surface area contributed by atoms with E-state index in [9.17, 15) is 33.0 Å². The topological polar surface area (TPSA) is 114 Å². The van der Waals surface area contributed by atoms with Crippen LogP contribution in [-0.4, -0.2) is 58.6 Å². The van der Waals surface area contributed by atoms with Crippen LogP contribution in [0.4, 0.5) is 19.0 Å². The Morgan fingerprint density at radius 1 is 1.16 bits per heavy atom. The predicted molar refractivity (Wildman–Crippen MR) is 128 cm³/mol. The zero-order valence-corrected chi connectivity index (χ0v) is 20.2. The van der Waals surface area contributed by atoms with E-state index in [4.69, 9.17) is 9.47 Å². The number of nitrogens with zero attached hydrogens (tertiary/aromatic N) is 3. The summed E-state index contributed by atoms with van der Waals surface area (Å²) < 4.78 is 54.4. The van der Waals surface area contributed by atoms with Gasteiger partial charge in [-0.05, 0) is 12.0 Å². The number of pyridine rings is 2. The van der Waals surface area contributed by atoms with Gasteiger partial charge in [0.15, 0.2) is 11.6 Å². The van der Waals surface area contributed by atoms with Gasteiger partial charge in [-0.25, -0.2) is 22.9 Å². The van der Waals surface area contributed by atoms with Crippen molar-refractivity contribution < 1.29 is 37.7 Å². The van der Waals surface area contributed by atoms with Gasteiger partial charge in [0, 0.05) is 31.4 Å². The molecule has 1 atom stereocenters. The standard InChI is InChI=1S/C25H26F3N3O6/c1-13(2)20(11-32)31-10-16(25(34)35)22(33)15-9-21(24(29-23(15)31)30-3-5-36-6-4-30)37-12-17-18(27)7-14(26)8-19(17)28/h7-10,13,20,32H,3-6,11-12H2,1-2H3,(H,34,35)/t20-/m0/s1. The lowest BCUT2D eigenvalue weighted by Gasteiger charge is -2.30. The minimum absolute atomic E-state index is 0.0196. The number of carbonyl (C=O) groups is 1. The molecule has 0 spiro atoms. The summed E-state index contributed by atoms with van der Waals surface area (Å²) in [7, 11) is 0. The van der Waals surface area contributed by atoms with Crippen LogP contribution >= 0.6 is 0 Å². The normalized spacial score (nSPS) is 14.8. The van der Waals surface area contributed by atoms with E-state index in [0.29, 0.717) is 38.4 Å². The van der Waals surface area contributed by atoms with E-state index in [-0.39, 0.29) is 35.1 Å². The van der Waals surface area contributed by atoms with Gasteiger partial charge in [-0.15, -0.1) is 0 Å². The first-order valence-electron chi connectivity index (χ1n) is 11.6. The number of aliphatic hydroxyl groups is 1. The van der Waals surface area contributed by atoms with E-state index in [0.717, 1.165) is 6.20 Å². The van der Waals surface area contributed by atoms with Crippen LogP contribution in [0.2, 0.25) is 0 Å². The first kappa shape index (κ1) is 26.4. The number of rotatable bonds is 8. The number of aliphatic hydroxyl groups excluding tert-OH is 1. The molecule has 1 saturated heterocycles. The van der Waals surface area contributed by atoms with Gasteiger partial charge >= 0.3 is 5.97 Å². The zero-order valence-electron chi connectivity index (χ0n) is 20.2. The van der Waals surface area contributed by atoms with Crippen LogP contribution in [0.25, 0.3) is 11.0 Å². The van der Waals surface area contributed by atoms with Gasteiger partial charge in [-0.1, -0.05) is 13.8 Å². The maximum atomic E-state index is 14.2. The summed E-state index contributed by atoms with van der Waals surface area (Å²) in [6.45, 7) is 4.23. The van der Waals surface area contributed by atoms with E-state index in [1.54, 1.807) is 4.90 Å². The zero-order chi connectivity index (χ0) is 26.9. The molecule has 2 N–H and O–H groups in total. The smallest absolute Gasteiger partial charge is 0.341 e. The molecule has 198 valence electrons. The van der Waals surface area contributed by atoms with Crippen molar-refractivity contribution in [3.8, 4) is 5.75 Å². The lowest BCUT2D eigenvalue weighted by atomic mass is 10.0. The van der Waals surface area contributed by atoms with Gasteiger partial charge in [0.05, 0.1) is 36.8 Å². The number of anilines is 1. The Bertz CT molecular complexity index is 1370. The highest BCUT2D eigenvalue weighted by Crippen LogP contribution is 2.33. The molecule has 1 aliphatic heterocycles. The Hall–Kier alpha value is -3.64. The average molecular weight is 521 g/mol. The molecule has 4 rings (SSSR count). The van der Waals surface area contributed by atoms with Crippen molar-refractivity contribution >= 4 is 22.8 Å². The van der Waals surface area contributed by atoms with Crippen LogP contribution in [0.5, 0.6) is 5.75 Å². The van der Waals surface area contributed by atoms with E-state index >= 15 is 0 Å². The number of carboxylic acid groups (broad SMARTS) is 1. The van der Waals surface area contributed by atoms with Gasteiger partial charge in [0.1, 0.15) is 35.3 Å². The second-order valence-electron chi connectivity index (χ2n) is 9.00. The highest BCUT2D eigenvalue weighted by atomic mass is 19.1. The number of hydrogen-bond donors (Lipinski definition) is 2. The highest BCUT2D eigenvalue weighted by Gasteiger charge is 2.26. The third-order valence-corrected chi connectivity index (χ3v) is 6.28. The SMILES string of the molecule is CC(C)[C@H](CO)n1cc(C(=O)O)c(=O)c2cc(OCc3c(F)cc(F)cc3F)c(N3CCOCC3)nc21. The maximum Gasteiger partial charge on any atom is 0.341 e. The minimum atomic E-state index is -1.46. The lowest BCUT2D eigenvalue weighted by Crippen LogP contribution is -2.37. The Morgan fingerprint density at radius 3 is 2.38 bits per heavy atom. The van der Waals surface area contributed by atoms with Gasteiger partial charge in [-0.3, -0.25) is 4.79 Å². The summed E-state index contributed by atoms with van der Waals surface area (Å²) in [5, 5.41) is 19.6. The summed E-state index contributed by atoms with van der Waals surface area (Å²) in [4.78, 5) is 31.4. The molecular formula is C25H26F3N3O6. The molecule has 0 saturated carbocycles. The maximum absolute atomic E-state index is 14.2. The number of carboxylic acids is 1.